The number of benzene rings is 1. The Kier molecular flexibility index (Phi) is 7.02. The maximum atomic E-state index is 13.2. The second-order valence-corrected chi connectivity index (χ2v) is 10.0. The summed E-state index contributed by atoms with van der Waals surface area (Å²) in [5, 5.41) is -0.311. The summed E-state index contributed by atoms with van der Waals surface area (Å²) >= 11 is 5.74. The number of Topliss-reactive ketones (excluding diaryl/α,β-unsaturated/α-hetero) is 1. The van der Waals surface area contributed by atoms with Crippen molar-refractivity contribution in [3.63, 3.8) is 0 Å². The van der Waals surface area contributed by atoms with Crippen molar-refractivity contribution in [2.75, 3.05) is 44.2 Å². The summed E-state index contributed by atoms with van der Waals surface area (Å²) in [4.78, 5) is 27.4. The van der Waals surface area contributed by atoms with Gasteiger partial charge in [-0.1, -0.05) is 23.7 Å². The van der Waals surface area contributed by atoms with Crippen LogP contribution in [0.2, 0.25) is 5.02 Å². The van der Waals surface area contributed by atoms with Crippen LogP contribution >= 0.6 is 11.6 Å². The van der Waals surface area contributed by atoms with Crippen LogP contribution in [-0.2, 0) is 11.0 Å². The van der Waals surface area contributed by atoms with Gasteiger partial charge in [0.2, 0.25) is 5.95 Å². The van der Waals surface area contributed by atoms with Crippen LogP contribution in [0.25, 0.3) is 5.57 Å². The summed E-state index contributed by atoms with van der Waals surface area (Å²) in [5.41, 5.74) is 0.507. The van der Waals surface area contributed by atoms with Crippen molar-refractivity contribution in [1.82, 2.24) is 19.8 Å². The van der Waals surface area contributed by atoms with E-state index in [9.17, 15) is 22.4 Å². The molecule has 36 heavy (non-hydrogen) atoms. The molecule has 0 N–H and O–H groups in total. The molecular formula is C25H26ClF4N5O. The molecule has 2 aromatic rings. The molecule has 0 radical (unpaired) electrons. The van der Waals surface area contributed by atoms with E-state index in [0.717, 1.165) is 37.6 Å². The minimum absolute atomic E-state index is 0.114. The van der Waals surface area contributed by atoms with E-state index in [2.05, 4.69) is 19.8 Å². The number of likely N-dealkylation sites (tertiary alicyclic amines) is 1. The number of carbonyl (C=O) groups is 1. The van der Waals surface area contributed by atoms with Crippen molar-refractivity contribution < 1.29 is 22.4 Å². The Morgan fingerprint density at radius 2 is 1.72 bits per heavy atom. The smallest absolute Gasteiger partial charge is 0.332 e. The van der Waals surface area contributed by atoms with E-state index >= 15 is 0 Å². The molecule has 1 aromatic carbocycles. The number of alkyl halides is 3. The SMILES string of the molecule is O=C(CN1CC=C(c2ccc(Cl)c(C(F)(F)F)c2)CC1)CN1CC2CCC(C1)N2c1ncc(F)cn1. The van der Waals surface area contributed by atoms with Crippen LogP contribution in [0.3, 0.4) is 0 Å². The summed E-state index contributed by atoms with van der Waals surface area (Å²) in [6.07, 6.45) is 2.27. The predicted octanol–water partition coefficient (Wildman–Crippen LogP) is 4.30. The summed E-state index contributed by atoms with van der Waals surface area (Å²) in [7, 11) is 0. The second-order valence-electron chi connectivity index (χ2n) is 9.63. The molecule has 2 atom stereocenters. The van der Waals surface area contributed by atoms with Crippen LogP contribution < -0.4 is 4.90 Å². The van der Waals surface area contributed by atoms with E-state index in [1.54, 1.807) is 6.07 Å². The van der Waals surface area contributed by atoms with E-state index in [1.807, 2.05) is 11.0 Å². The fourth-order valence-corrected chi connectivity index (χ4v) is 5.72. The van der Waals surface area contributed by atoms with Gasteiger partial charge in [0, 0.05) is 38.3 Å². The zero-order chi connectivity index (χ0) is 25.4. The number of rotatable bonds is 6. The van der Waals surface area contributed by atoms with E-state index in [4.69, 9.17) is 11.6 Å². The third-order valence-electron chi connectivity index (χ3n) is 7.13. The van der Waals surface area contributed by atoms with Crippen LogP contribution in [0.4, 0.5) is 23.5 Å². The Balaban J connectivity index is 1.14. The number of piperazine rings is 1. The van der Waals surface area contributed by atoms with Gasteiger partial charge in [-0.15, -0.1) is 0 Å². The molecule has 0 aliphatic carbocycles. The highest BCUT2D eigenvalue weighted by Gasteiger charge is 2.41. The number of ketones is 1. The zero-order valence-electron chi connectivity index (χ0n) is 19.5. The lowest BCUT2D eigenvalue weighted by Crippen LogP contribution is -2.55. The highest BCUT2D eigenvalue weighted by atomic mass is 35.5. The maximum absolute atomic E-state index is 13.2. The van der Waals surface area contributed by atoms with Gasteiger partial charge in [0.15, 0.2) is 11.6 Å². The zero-order valence-corrected chi connectivity index (χ0v) is 20.3. The Morgan fingerprint density at radius 1 is 1.06 bits per heavy atom. The van der Waals surface area contributed by atoms with Crippen LogP contribution in [-0.4, -0.2) is 76.9 Å². The number of aromatic nitrogens is 2. The molecule has 0 spiro atoms. The van der Waals surface area contributed by atoms with Gasteiger partial charge >= 0.3 is 6.18 Å². The largest absolute Gasteiger partial charge is 0.417 e. The summed E-state index contributed by atoms with van der Waals surface area (Å²) in [6.45, 7) is 3.21. The van der Waals surface area contributed by atoms with Gasteiger partial charge in [-0.05, 0) is 42.5 Å². The quantitative estimate of drug-likeness (QED) is 0.526. The molecule has 4 heterocycles. The topological polar surface area (TPSA) is 52.6 Å². The number of nitrogens with zero attached hydrogens (tertiary/aromatic N) is 5. The van der Waals surface area contributed by atoms with Crippen molar-refractivity contribution in [2.24, 2.45) is 0 Å². The predicted molar refractivity (Wildman–Crippen MR) is 128 cm³/mol. The molecule has 2 fully saturated rings. The van der Waals surface area contributed by atoms with Crippen LogP contribution in [0, 0.1) is 5.82 Å². The van der Waals surface area contributed by atoms with Gasteiger partial charge < -0.3 is 4.90 Å². The van der Waals surface area contributed by atoms with E-state index in [0.29, 0.717) is 44.1 Å². The minimum Gasteiger partial charge on any atom is -0.332 e. The van der Waals surface area contributed by atoms with Crippen molar-refractivity contribution in [3.05, 3.63) is 58.6 Å². The van der Waals surface area contributed by atoms with Gasteiger partial charge in [-0.2, -0.15) is 13.2 Å². The molecule has 11 heteroatoms. The first-order valence-corrected chi connectivity index (χ1v) is 12.3. The number of fused-ring (bicyclic) bond motifs is 2. The molecule has 3 aliphatic heterocycles. The fourth-order valence-electron chi connectivity index (χ4n) is 5.49. The monoisotopic (exact) mass is 523 g/mol. The normalized spacial score (nSPS) is 23.1. The van der Waals surface area contributed by atoms with Gasteiger partial charge in [0.05, 0.1) is 36.1 Å². The van der Waals surface area contributed by atoms with Crippen molar-refractivity contribution in [1.29, 1.82) is 0 Å². The second kappa shape index (κ2) is 10.1. The molecular weight excluding hydrogens is 498 g/mol. The number of carbonyl (C=O) groups excluding carboxylic acids is 1. The first kappa shape index (κ1) is 25.1. The average Bonchev–Trinajstić information content (AvgIpc) is 3.09. The maximum Gasteiger partial charge on any atom is 0.417 e. The van der Waals surface area contributed by atoms with Gasteiger partial charge in [0.25, 0.3) is 0 Å². The van der Waals surface area contributed by atoms with E-state index in [-0.39, 0.29) is 22.9 Å². The molecule has 5 rings (SSSR count). The summed E-state index contributed by atoms with van der Waals surface area (Å²) < 4.78 is 52.8. The Hall–Kier alpha value is -2.56. The molecule has 0 saturated carbocycles. The van der Waals surface area contributed by atoms with Crippen molar-refractivity contribution in [2.45, 2.75) is 37.5 Å². The highest BCUT2D eigenvalue weighted by Crippen LogP contribution is 2.37. The molecule has 2 saturated heterocycles. The van der Waals surface area contributed by atoms with Crippen LogP contribution in [0.1, 0.15) is 30.4 Å². The molecule has 0 amide bonds. The molecule has 1 aromatic heterocycles. The van der Waals surface area contributed by atoms with Crippen molar-refractivity contribution in [3.8, 4) is 0 Å². The number of halogens is 5. The van der Waals surface area contributed by atoms with Crippen molar-refractivity contribution >= 4 is 28.9 Å². The molecule has 2 unspecified atom stereocenters. The third-order valence-corrected chi connectivity index (χ3v) is 7.46. The average molecular weight is 524 g/mol. The molecule has 3 aliphatic rings. The lowest BCUT2D eigenvalue weighted by molar-refractivity contribution is -0.137. The van der Waals surface area contributed by atoms with E-state index in [1.165, 1.54) is 18.5 Å². The number of hydrogen-bond donors (Lipinski definition) is 0. The Bertz CT molecular complexity index is 1140. The lowest BCUT2D eigenvalue weighted by Gasteiger charge is -2.41. The Morgan fingerprint density at radius 3 is 2.33 bits per heavy atom. The summed E-state index contributed by atoms with van der Waals surface area (Å²) in [6, 6.07) is 4.38. The first-order valence-electron chi connectivity index (χ1n) is 12.0. The van der Waals surface area contributed by atoms with Gasteiger partial charge in [-0.25, -0.2) is 14.4 Å². The summed E-state index contributed by atoms with van der Waals surface area (Å²) in [5.74, 6) is 0.187. The minimum atomic E-state index is -4.50. The van der Waals surface area contributed by atoms with E-state index < -0.39 is 17.6 Å². The Labute approximate surface area is 211 Å². The number of anilines is 1. The fraction of sp³-hybridized carbons (Fsp3) is 0.480. The molecule has 2 bridgehead atoms. The van der Waals surface area contributed by atoms with Gasteiger partial charge in [0.1, 0.15) is 0 Å². The molecule has 192 valence electrons. The standard InChI is InChI=1S/C25H26ClF4N5O/c26-23-4-1-17(9-22(23)25(28,29)30)16-5-7-33(8-6-16)14-21(36)15-34-12-19-2-3-20(13-34)35(19)24-31-10-18(27)11-32-24/h1,4-5,9-11,19-20H,2-3,6-8,12-15H2. The number of hydrogen-bond acceptors (Lipinski definition) is 6. The lowest BCUT2D eigenvalue weighted by atomic mass is 9.97. The molecule has 6 nitrogen and oxygen atoms in total. The highest BCUT2D eigenvalue weighted by molar-refractivity contribution is 6.31. The van der Waals surface area contributed by atoms with Gasteiger partial charge in [-0.3, -0.25) is 14.6 Å². The first-order chi connectivity index (χ1) is 17.2. The van der Waals surface area contributed by atoms with Crippen LogP contribution in [0.5, 0.6) is 0 Å². The third kappa shape index (κ3) is 5.40. The van der Waals surface area contributed by atoms with Crippen LogP contribution in [0.15, 0.2) is 36.7 Å².